The van der Waals surface area contributed by atoms with Crippen molar-refractivity contribution in [3.8, 4) is 0 Å². The van der Waals surface area contributed by atoms with Crippen LogP contribution in [0.3, 0.4) is 0 Å². The van der Waals surface area contributed by atoms with Gasteiger partial charge in [0.05, 0.1) is 12.6 Å². The average molecular weight is 416 g/mol. The van der Waals surface area contributed by atoms with Gasteiger partial charge in [-0.15, -0.1) is 0 Å². The predicted octanol–water partition coefficient (Wildman–Crippen LogP) is 5.15. The lowest BCUT2D eigenvalue weighted by atomic mass is 10.0. The summed E-state index contributed by atoms with van der Waals surface area (Å²) in [6.45, 7) is 8.23. The van der Waals surface area contributed by atoms with Gasteiger partial charge in [-0.3, -0.25) is 9.59 Å². The standard InChI is InChI=1S/C26H29N3O2/c1-17-10-12-22(14-19(17)3)20(4)28-25(30)16-27-24-15-23(13-11-18(24)2)29-26(31)21-8-6-5-7-9-21/h5-15,20,27H,16H2,1-4H3,(H,28,30)(H,29,31). The molecule has 0 saturated heterocycles. The van der Waals surface area contributed by atoms with Crippen LogP contribution in [0.1, 0.15) is 45.6 Å². The van der Waals surface area contributed by atoms with Crippen molar-refractivity contribution in [2.45, 2.75) is 33.7 Å². The van der Waals surface area contributed by atoms with Gasteiger partial charge in [-0.05, 0) is 74.2 Å². The maximum atomic E-state index is 12.5. The molecule has 31 heavy (non-hydrogen) atoms. The molecule has 0 saturated carbocycles. The number of amides is 2. The van der Waals surface area contributed by atoms with E-state index in [2.05, 4.69) is 41.9 Å². The normalized spacial score (nSPS) is 11.5. The minimum Gasteiger partial charge on any atom is -0.376 e. The summed E-state index contributed by atoms with van der Waals surface area (Å²) in [6, 6.07) is 20.8. The molecule has 1 unspecified atom stereocenters. The molecule has 0 spiro atoms. The molecule has 0 radical (unpaired) electrons. The number of benzene rings is 3. The zero-order chi connectivity index (χ0) is 22.4. The summed E-state index contributed by atoms with van der Waals surface area (Å²) in [5.74, 6) is -0.265. The molecule has 160 valence electrons. The molecule has 0 aliphatic heterocycles. The first-order valence-electron chi connectivity index (χ1n) is 10.4. The maximum absolute atomic E-state index is 12.5. The van der Waals surface area contributed by atoms with Crippen molar-refractivity contribution in [1.82, 2.24) is 5.32 Å². The summed E-state index contributed by atoms with van der Waals surface area (Å²) in [5, 5.41) is 9.11. The number of anilines is 2. The van der Waals surface area contributed by atoms with Gasteiger partial charge in [0, 0.05) is 16.9 Å². The lowest BCUT2D eigenvalue weighted by Gasteiger charge is -2.17. The van der Waals surface area contributed by atoms with Crippen molar-refractivity contribution >= 4 is 23.2 Å². The van der Waals surface area contributed by atoms with E-state index in [9.17, 15) is 9.59 Å². The van der Waals surface area contributed by atoms with Crippen molar-refractivity contribution in [2.75, 3.05) is 17.2 Å². The Labute approximate surface area is 183 Å². The number of aryl methyl sites for hydroxylation is 3. The molecule has 3 rings (SSSR count). The molecule has 3 N–H and O–H groups in total. The summed E-state index contributed by atoms with van der Waals surface area (Å²) < 4.78 is 0. The van der Waals surface area contributed by atoms with Crippen LogP contribution in [0.15, 0.2) is 66.7 Å². The molecule has 0 aliphatic carbocycles. The zero-order valence-corrected chi connectivity index (χ0v) is 18.5. The monoisotopic (exact) mass is 415 g/mol. The van der Waals surface area contributed by atoms with Crippen molar-refractivity contribution in [2.24, 2.45) is 0 Å². The SMILES string of the molecule is Cc1ccc(C(C)NC(=O)CNc2cc(NC(=O)c3ccccc3)ccc2C)cc1C. The van der Waals surface area contributed by atoms with E-state index in [4.69, 9.17) is 0 Å². The second-order valence-electron chi connectivity index (χ2n) is 7.84. The van der Waals surface area contributed by atoms with E-state index < -0.39 is 0 Å². The summed E-state index contributed by atoms with van der Waals surface area (Å²) in [7, 11) is 0. The Balaban J connectivity index is 1.59. The number of carbonyl (C=O) groups excluding carboxylic acids is 2. The summed E-state index contributed by atoms with van der Waals surface area (Å²) in [5.41, 5.74) is 6.59. The van der Waals surface area contributed by atoms with E-state index in [1.807, 2.05) is 56.3 Å². The minimum atomic E-state index is -0.171. The lowest BCUT2D eigenvalue weighted by Crippen LogP contribution is -2.32. The first kappa shape index (κ1) is 22.1. The highest BCUT2D eigenvalue weighted by molar-refractivity contribution is 6.04. The minimum absolute atomic E-state index is 0.0776. The van der Waals surface area contributed by atoms with Crippen LogP contribution in [-0.2, 0) is 4.79 Å². The molecular weight excluding hydrogens is 386 g/mol. The molecule has 2 amide bonds. The molecule has 3 aromatic rings. The van der Waals surface area contributed by atoms with E-state index in [1.54, 1.807) is 12.1 Å². The van der Waals surface area contributed by atoms with Gasteiger partial charge in [-0.1, -0.05) is 42.5 Å². The molecule has 0 heterocycles. The Morgan fingerprint density at radius 1 is 0.839 bits per heavy atom. The van der Waals surface area contributed by atoms with Gasteiger partial charge in [-0.2, -0.15) is 0 Å². The number of hydrogen-bond donors (Lipinski definition) is 3. The van der Waals surface area contributed by atoms with Gasteiger partial charge in [-0.25, -0.2) is 0 Å². The fourth-order valence-electron chi connectivity index (χ4n) is 3.27. The molecular formula is C26H29N3O2. The first-order chi connectivity index (χ1) is 14.8. The molecule has 5 nitrogen and oxygen atoms in total. The fraction of sp³-hybridized carbons (Fsp3) is 0.231. The molecule has 1 atom stereocenters. The Morgan fingerprint density at radius 2 is 1.55 bits per heavy atom. The van der Waals surface area contributed by atoms with Gasteiger partial charge < -0.3 is 16.0 Å². The van der Waals surface area contributed by atoms with Crippen LogP contribution in [0, 0.1) is 20.8 Å². The number of carbonyl (C=O) groups is 2. The van der Waals surface area contributed by atoms with Gasteiger partial charge in [0.2, 0.25) is 5.91 Å². The molecule has 5 heteroatoms. The van der Waals surface area contributed by atoms with E-state index in [-0.39, 0.29) is 24.4 Å². The molecule has 3 aromatic carbocycles. The van der Waals surface area contributed by atoms with E-state index in [0.29, 0.717) is 11.3 Å². The van der Waals surface area contributed by atoms with Gasteiger partial charge >= 0.3 is 0 Å². The molecule has 0 aromatic heterocycles. The van der Waals surface area contributed by atoms with Crippen molar-refractivity contribution in [1.29, 1.82) is 0 Å². The highest BCUT2D eigenvalue weighted by Gasteiger charge is 2.11. The van der Waals surface area contributed by atoms with E-state index in [0.717, 1.165) is 16.8 Å². The van der Waals surface area contributed by atoms with E-state index in [1.165, 1.54) is 11.1 Å². The summed E-state index contributed by atoms with van der Waals surface area (Å²) in [6.07, 6.45) is 0. The molecule has 0 fully saturated rings. The van der Waals surface area contributed by atoms with Crippen LogP contribution in [-0.4, -0.2) is 18.4 Å². The van der Waals surface area contributed by atoms with Gasteiger partial charge in [0.15, 0.2) is 0 Å². The quantitative estimate of drug-likeness (QED) is 0.500. The van der Waals surface area contributed by atoms with Crippen LogP contribution < -0.4 is 16.0 Å². The largest absolute Gasteiger partial charge is 0.376 e. The van der Waals surface area contributed by atoms with Crippen LogP contribution in [0.25, 0.3) is 0 Å². The molecule has 0 aliphatic rings. The Kier molecular flexibility index (Phi) is 7.08. The predicted molar refractivity (Wildman–Crippen MR) is 127 cm³/mol. The van der Waals surface area contributed by atoms with Crippen LogP contribution in [0.5, 0.6) is 0 Å². The third-order valence-electron chi connectivity index (χ3n) is 5.38. The van der Waals surface area contributed by atoms with Crippen molar-refractivity contribution in [3.05, 3.63) is 94.5 Å². The fourth-order valence-corrected chi connectivity index (χ4v) is 3.27. The second-order valence-corrected chi connectivity index (χ2v) is 7.84. The number of hydrogen-bond acceptors (Lipinski definition) is 3. The van der Waals surface area contributed by atoms with Crippen molar-refractivity contribution < 1.29 is 9.59 Å². The van der Waals surface area contributed by atoms with Gasteiger partial charge in [0.1, 0.15) is 0 Å². The third-order valence-corrected chi connectivity index (χ3v) is 5.38. The smallest absolute Gasteiger partial charge is 0.255 e. The average Bonchev–Trinajstić information content (AvgIpc) is 2.76. The van der Waals surface area contributed by atoms with Crippen LogP contribution in [0.2, 0.25) is 0 Å². The Hall–Kier alpha value is -3.60. The Morgan fingerprint density at radius 3 is 2.26 bits per heavy atom. The topological polar surface area (TPSA) is 70.2 Å². The first-order valence-corrected chi connectivity index (χ1v) is 10.4. The van der Waals surface area contributed by atoms with Crippen LogP contribution >= 0.6 is 0 Å². The summed E-state index contributed by atoms with van der Waals surface area (Å²) >= 11 is 0. The third kappa shape index (κ3) is 5.95. The summed E-state index contributed by atoms with van der Waals surface area (Å²) in [4.78, 5) is 24.8. The van der Waals surface area contributed by atoms with Crippen molar-refractivity contribution in [3.63, 3.8) is 0 Å². The number of nitrogens with one attached hydrogen (secondary N) is 3. The second kappa shape index (κ2) is 9.94. The maximum Gasteiger partial charge on any atom is 0.255 e. The van der Waals surface area contributed by atoms with Crippen LogP contribution in [0.4, 0.5) is 11.4 Å². The highest BCUT2D eigenvalue weighted by Crippen LogP contribution is 2.21. The van der Waals surface area contributed by atoms with E-state index >= 15 is 0 Å². The molecule has 0 bridgehead atoms. The Bertz CT molecular complexity index is 1080. The number of rotatable bonds is 7. The van der Waals surface area contributed by atoms with Gasteiger partial charge in [0.25, 0.3) is 5.91 Å². The highest BCUT2D eigenvalue weighted by atomic mass is 16.2. The lowest BCUT2D eigenvalue weighted by molar-refractivity contribution is -0.120. The zero-order valence-electron chi connectivity index (χ0n) is 18.5.